The van der Waals surface area contributed by atoms with Gasteiger partial charge in [0.15, 0.2) is 0 Å². The minimum absolute atomic E-state index is 0.137. The van der Waals surface area contributed by atoms with Crippen molar-refractivity contribution in [2.24, 2.45) is 10.7 Å². The van der Waals surface area contributed by atoms with Crippen molar-refractivity contribution in [2.45, 2.75) is 12.5 Å². The van der Waals surface area contributed by atoms with Crippen molar-refractivity contribution in [3.05, 3.63) is 66.0 Å². The number of hydrogen-bond donors (Lipinski definition) is 2. The van der Waals surface area contributed by atoms with Crippen molar-refractivity contribution >= 4 is 39.9 Å². The van der Waals surface area contributed by atoms with Crippen LogP contribution in [0.25, 0.3) is 10.2 Å². The highest BCUT2D eigenvalue weighted by Crippen LogP contribution is 2.33. The van der Waals surface area contributed by atoms with Crippen LogP contribution in [0.15, 0.2) is 60.4 Å². The molecule has 0 radical (unpaired) electrons. The molecule has 3 aromatic heterocycles. The minimum atomic E-state index is -0.536. The molecule has 1 unspecified atom stereocenters. The number of carbonyl (C=O) groups excluding carboxylic acids is 1. The first kappa shape index (κ1) is 18.3. The van der Waals surface area contributed by atoms with Crippen molar-refractivity contribution in [2.75, 3.05) is 5.73 Å². The van der Waals surface area contributed by atoms with Gasteiger partial charge in [-0.2, -0.15) is 0 Å². The Morgan fingerprint density at radius 2 is 2.04 bits per heavy atom. The Morgan fingerprint density at radius 3 is 2.52 bits per heavy atom. The van der Waals surface area contributed by atoms with E-state index >= 15 is 0 Å². The van der Waals surface area contributed by atoms with Crippen LogP contribution in [0, 0.1) is 0 Å². The number of carbonyl (C=O) groups is 1. The number of anilines is 1. The van der Waals surface area contributed by atoms with Gasteiger partial charge in [-0.05, 0) is 37.4 Å². The van der Waals surface area contributed by atoms with Crippen LogP contribution >= 0.6 is 11.3 Å². The number of hydrogen-bond acceptors (Lipinski definition) is 6. The summed E-state index contributed by atoms with van der Waals surface area (Å²) in [5.41, 5.74) is 12.3. The van der Waals surface area contributed by atoms with E-state index in [-0.39, 0.29) is 6.04 Å². The van der Waals surface area contributed by atoms with Gasteiger partial charge >= 0.3 is 0 Å². The Bertz CT molecular complexity index is 849. The summed E-state index contributed by atoms with van der Waals surface area (Å²) < 4.78 is 0. The van der Waals surface area contributed by atoms with Crippen molar-refractivity contribution in [3.63, 3.8) is 0 Å². The minimum Gasteiger partial charge on any atom is -0.397 e. The average molecular weight is 353 g/mol. The van der Waals surface area contributed by atoms with E-state index in [1.54, 1.807) is 18.5 Å². The van der Waals surface area contributed by atoms with E-state index in [9.17, 15) is 4.79 Å². The zero-order valence-corrected chi connectivity index (χ0v) is 14.4. The van der Waals surface area contributed by atoms with E-state index in [1.807, 2.05) is 30.3 Å². The smallest absolute Gasteiger partial charge is 0.260 e. The third kappa shape index (κ3) is 4.48. The molecule has 0 bridgehead atoms. The summed E-state index contributed by atoms with van der Waals surface area (Å²) in [7, 11) is 0. The zero-order chi connectivity index (χ0) is 18.2. The summed E-state index contributed by atoms with van der Waals surface area (Å²) in [6, 6.07) is 9.24. The number of amides is 1. The van der Waals surface area contributed by atoms with Crippen molar-refractivity contribution in [3.8, 4) is 0 Å². The maximum Gasteiger partial charge on any atom is 0.260 e. The van der Waals surface area contributed by atoms with E-state index in [0.717, 1.165) is 11.1 Å². The Balaban J connectivity index is 0.000000316. The quantitative estimate of drug-likeness (QED) is 0.541. The zero-order valence-electron chi connectivity index (χ0n) is 13.6. The fourth-order valence-electron chi connectivity index (χ4n) is 2.14. The lowest BCUT2D eigenvalue weighted by molar-refractivity contribution is 0.100. The highest BCUT2D eigenvalue weighted by atomic mass is 32.1. The van der Waals surface area contributed by atoms with Gasteiger partial charge in [-0.25, -0.2) is 4.98 Å². The largest absolute Gasteiger partial charge is 0.397 e. The van der Waals surface area contributed by atoms with E-state index in [1.165, 1.54) is 11.3 Å². The number of fused-ring (bicyclic) bond motifs is 1. The lowest BCUT2D eigenvalue weighted by Crippen LogP contribution is -2.10. The molecule has 3 heterocycles. The molecule has 7 heteroatoms. The molecule has 0 saturated carbocycles. The van der Waals surface area contributed by atoms with Crippen LogP contribution < -0.4 is 11.5 Å². The first-order valence-electron chi connectivity index (χ1n) is 7.49. The molecule has 0 aliphatic rings. The molecular weight excluding hydrogens is 334 g/mol. The predicted molar refractivity (Wildman–Crippen MR) is 104 cm³/mol. The van der Waals surface area contributed by atoms with E-state index in [0.29, 0.717) is 21.8 Å². The molecule has 0 spiro atoms. The Kier molecular flexibility index (Phi) is 6.36. The maximum atomic E-state index is 11.3. The topological polar surface area (TPSA) is 107 Å². The summed E-state index contributed by atoms with van der Waals surface area (Å²) in [5, 5.41) is 0.740. The number of aromatic nitrogens is 2. The SMILES string of the molecule is C=CCC(N=C)c1ccc2c(N)c(C(N)=O)sc2n1.c1ccncc1. The number of aliphatic imine (C=N–C) groups is 1. The third-order valence-electron chi connectivity index (χ3n) is 3.36. The maximum absolute atomic E-state index is 11.3. The molecule has 128 valence electrons. The third-order valence-corrected chi connectivity index (χ3v) is 4.49. The normalized spacial score (nSPS) is 11.2. The molecular formula is C18H19N5OS. The fraction of sp³-hybridized carbons (Fsp3) is 0.111. The number of thiophene rings is 1. The van der Waals surface area contributed by atoms with Crippen LogP contribution in [-0.4, -0.2) is 22.6 Å². The molecule has 1 atom stereocenters. The number of nitrogens with zero attached hydrogens (tertiary/aromatic N) is 3. The van der Waals surface area contributed by atoms with Gasteiger partial charge in [-0.1, -0.05) is 12.1 Å². The Labute approximate surface area is 149 Å². The summed E-state index contributed by atoms with van der Waals surface area (Å²) in [6.45, 7) is 7.24. The number of primary amides is 1. The number of pyridine rings is 2. The highest BCUT2D eigenvalue weighted by molar-refractivity contribution is 7.21. The van der Waals surface area contributed by atoms with E-state index in [2.05, 4.69) is 28.3 Å². The second kappa shape index (κ2) is 8.70. The van der Waals surface area contributed by atoms with Crippen LogP contribution in [0.1, 0.15) is 27.8 Å². The molecule has 1 amide bonds. The van der Waals surface area contributed by atoms with Gasteiger partial charge in [-0.15, -0.1) is 17.9 Å². The molecule has 3 aromatic rings. The van der Waals surface area contributed by atoms with Gasteiger partial charge in [0.2, 0.25) is 0 Å². The molecule has 3 rings (SSSR count). The number of nitrogens with two attached hydrogens (primary N) is 2. The molecule has 4 N–H and O–H groups in total. The molecule has 25 heavy (non-hydrogen) atoms. The van der Waals surface area contributed by atoms with E-state index in [4.69, 9.17) is 11.5 Å². The Hall–Kier alpha value is -3.06. The van der Waals surface area contributed by atoms with E-state index < -0.39 is 5.91 Å². The van der Waals surface area contributed by atoms with Gasteiger partial charge in [0.25, 0.3) is 5.91 Å². The molecule has 0 aromatic carbocycles. The second-order valence-corrected chi connectivity index (χ2v) is 6.04. The van der Waals surface area contributed by atoms with Gasteiger partial charge in [0.05, 0.1) is 17.4 Å². The standard InChI is InChI=1S/C13H14N4OS.C5H5N/c1-3-4-8(16-2)9-6-5-7-10(14)11(12(15)18)19-13(7)17-9;1-2-4-6-5-3-1/h3,5-6,8H,1-2,4,14H2,(H2,15,18);1-5H. The van der Waals surface area contributed by atoms with Crippen molar-refractivity contribution in [1.29, 1.82) is 0 Å². The van der Waals surface area contributed by atoms with Crippen LogP contribution in [0.5, 0.6) is 0 Å². The summed E-state index contributed by atoms with van der Waals surface area (Å²) in [5.74, 6) is -0.536. The van der Waals surface area contributed by atoms with Crippen LogP contribution in [0.2, 0.25) is 0 Å². The molecule has 0 fully saturated rings. The Morgan fingerprint density at radius 1 is 1.32 bits per heavy atom. The van der Waals surface area contributed by atoms with Crippen LogP contribution in [0.4, 0.5) is 5.69 Å². The second-order valence-electron chi connectivity index (χ2n) is 5.05. The molecule has 0 aliphatic carbocycles. The van der Waals surface area contributed by atoms with Gasteiger partial charge in [0.1, 0.15) is 9.71 Å². The van der Waals surface area contributed by atoms with Crippen molar-refractivity contribution < 1.29 is 4.79 Å². The van der Waals surface area contributed by atoms with Gasteiger partial charge in [0, 0.05) is 17.8 Å². The summed E-state index contributed by atoms with van der Waals surface area (Å²) in [4.78, 5) is 24.6. The fourth-order valence-corrected chi connectivity index (χ4v) is 3.09. The number of nitrogen functional groups attached to an aromatic ring is 1. The van der Waals surface area contributed by atoms with Crippen LogP contribution in [-0.2, 0) is 0 Å². The summed E-state index contributed by atoms with van der Waals surface area (Å²) in [6.07, 6.45) is 5.92. The molecule has 0 aliphatic heterocycles. The highest BCUT2D eigenvalue weighted by Gasteiger charge is 2.16. The first-order valence-corrected chi connectivity index (χ1v) is 8.30. The number of rotatable bonds is 5. The molecule has 6 nitrogen and oxygen atoms in total. The average Bonchev–Trinajstić information content (AvgIpc) is 2.98. The lowest BCUT2D eigenvalue weighted by atomic mass is 10.1. The van der Waals surface area contributed by atoms with Crippen molar-refractivity contribution in [1.82, 2.24) is 9.97 Å². The lowest BCUT2D eigenvalue weighted by Gasteiger charge is -2.08. The first-order chi connectivity index (χ1) is 12.1. The van der Waals surface area contributed by atoms with Crippen LogP contribution in [0.3, 0.4) is 0 Å². The monoisotopic (exact) mass is 353 g/mol. The molecule has 0 saturated heterocycles. The van der Waals surface area contributed by atoms with Gasteiger partial charge < -0.3 is 11.5 Å². The predicted octanol–water partition coefficient (Wildman–Crippen LogP) is 3.38. The summed E-state index contributed by atoms with van der Waals surface area (Å²) >= 11 is 1.19. The van der Waals surface area contributed by atoms with Gasteiger partial charge in [-0.3, -0.25) is 14.8 Å².